The Morgan fingerprint density at radius 1 is 0.826 bits per heavy atom. The summed E-state index contributed by atoms with van der Waals surface area (Å²) in [6.45, 7) is 4.58. The summed E-state index contributed by atoms with van der Waals surface area (Å²) in [5.74, 6) is 0. The van der Waals surface area contributed by atoms with Crippen LogP contribution in [0.4, 0.5) is 4.79 Å². The highest BCUT2D eigenvalue weighted by Gasteiger charge is 2.04. The Bertz CT molecular complexity index is 260. The number of unbranched alkanes of at least 4 members (excludes halogenated alkanes) is 13. The molecule has 0 aromatic heterocycles. The van der Waals surface area contributed by atoms with Crippen LogP contribution in [0, 0.1) is 0 Å². The first-order valence-corrected chi connectivity index (χ1v) is 10.2. The Labute approximate surface area is 148 Å². The van der Waals surface area contributed by atoms with Crippen LogP contribution in [-0.4, -0.2) is 18.2 Å². The van der Waals surface area contributed by atoms with Crippen molar-refractivity contribution < 1.29 is 9.53 Å². The number of alkyl carbamates (subject to hydrolysis) is 1. The van der Waals surface area contributed by atoms with Crippen LogP contribution in [0.2, 0.25) is 0 Å². The maximum absolute atomic E-state index is 11.2. The van der Waals surface area contributed by atoms with Crippen LogP contribution < -0.4 is 5.32 Å². The van der Waals surface area contributed by atoms with E-state index in [-0.39, 0.29) is 0 Å². The predicted octanol–water partition coefficient (Wildman–Crippen LogP) is 6.78. The van der Waals surface area contributed by atoms with Gasteiger partial charge < -0.3 is 10.1 Å². The first-order chi connectivity index (χ1) is 11.2. The highest BCUT2D eigenvalue weighted by atomic mass is 35.5. The number of halogens is 1. The summed E-state index contributed by atoms with van der Waals surface area (Å²) in [6, 6.07) is 0. The van der Waals surface area contributed by atoms with E-state index < -0.39 is 11.7 Å². The Kier molecular flexibility index (Phi) is 17.6. The van der Waals surface area contributed by atoms with Gasteiger partial charge in [-0.3, -0.25) is 0 Å². The monoisotopic (exact) mass is 347 g/mol. The lowest BCUT2D eigenvalue weighted by atomic mass is 10.0. The topological polar surface area (TPSA) is 38.3 Å². The van der Waals surface area contributed by atoms with E-state index in [9.17, 15) is 4.79 Å². The van der Waals surface area contributed by atoms with Gasteiger partial charge in [-0.2, -0.15) is 0 Å². The number of alkyl halides is 1. The molecule has 1 amide bonds. The van der Waals surface area contributed by atoms with Crippen molar-refractivity contribution in [1.29, 1.82) is 0 Å². The highest BCUT2D eigenvalue weighted by molar-refractivity contribution is 6.19. The lowest BCUT2D eigenvalue weighted by Gasteiger charge is -2.07. The van der Waals surface area contributed by atoms with E-state index in [0.29, 0.717) is 6.54 Å². The van der Waals surface area contributed by atoms with Crippen molar-refractivity contribution in [3.8, 4) is 0 Å². The quantitative estimate of drug-likeness (QED) is 0.247. The molecule has 0 aliphatic carbocycles. The Hall–Kier alpha value is -0.440. The van der Waals surface area contributed by atoms with Gasteiger partial charge >= 0.3 is 6.09 Å². The summed E-state index contributed by atoms with van der Waals surface area (Å²) < 4.78 is 4.78. The molecule has 4 heteroatoms. The average Bonchev–Trinajstić information content (AvgIpc) is 2.50. The second-order valence-corrected chi connectivity index (χ2v) is 7.09. The maximum Gasteiger partial charge on any atom is 0.408 e. The number of carbonyl (C=O) groups is 1. The number of rotatable bonds is 16. The van der Waals surface area contributed by atoms with Gasteiger partial charge in [0, 0.05) is 6.54 Å². The molecule has 0 aliphatic heterocycles. The molecular weight excluding hydrogens is 310 g/mol. The molecule has 1 atom stereocenters. The number of hydrogen-bond acceptors (Lipinski definition) is 2. The van der Waals surface area contributed by atoms with Crippen LogP contribution >= 0.6 is 11.6 Å². The lowest BCUT2D eigenvalue weighted by molar-refractivity contribution is 0.138. The fourth-order valence-electron chi connectivity index (χ4n) is 2.70. The molecule has 0 radical (unpaired) electrons. The fraction of sp³-hybridized carbons (Fsp3) is 0.947. The van der Waals surface area contributed by atoms with Crippen molar-refractivity contribution in [3.63, 3.8) is 0 Å². The zero-order valence-electron chi connectivity index (χ0n) is 15.4. The van der Waals surface area contributed by atoms with Crippen molar-refractivity contribution >= 4 is 17.7 Å². The molecule has 3 nitrogen and oxygen atoms in total. The maximum atomic E-state index is 11.2. The van der Waals surface area contributed by atoms with E-state index in [1.54, 1.807) is 6.92 Å². The first-order valence-electron chi connectivity index (χ1n) is 9.75. The van der Waals surface area contributed by atoms with Gasteiger partial charge in [0.05, 0.1) is 0 Å². The predicted molar refractivity (Wildman–Crippen MR) is 100 cm³/mol. The number of amides is 1. The van der Waals surface area contributed by atoms with E-state index in [4.69, 9.17) is 16.3 Å². The van der Waals surface area contributed by atoms with Crippen LogP contribution in [0.5, 0.6) is 0 Å². The van der Waals surface area contributed by atoms with E-state index in [0.717, 1.165) is 6.42 Å². The third-order valence-corrected chi connectivity index (χ3v) is 4.16. The van der Waals surface area contributed by atoms with Gasteiger partial charge in [-0.15, -0.1) is 0 Å². The number of nitrogens with one attached hydrogen (secondary N) is 1. The standard InChI is InChI=1S/C19H38ClNO2/c1-3-4-5-6-7-8-9-10-11-12-13-14-15-16-17-21-19(22)23-18(2)20/h18H,3-17H2,1-2H3,(H,21,22). The summed E-state index contributed by atoms with van der Waals surface area (Å²) in [5, 5.41) is 2.71. The number of hydrogen-bond donors (Lipinski definition) is 1. The minimum atomic E-state index is -0.564. The van der Waals surface area contributed by atoms with Gasteiger partial charge in [0.1, 0.15) is 0 Å². The van der Waals surface area contributed by atoms with Gasteiger partial charge in [0.15, 0.2) is 5.56 Å². The smallest absolute Gasteiger partial charge is 0.408 e. The molecule has 138 valence electrons. The molecule has 0 aliphatic rings. The molecule has 0 heterocycles. The molecule has 0 bridgehead atoms. The first kappa shape index (κ1) is 22.6. The largest absolute Gasteiger partial charge is 0.430 e. The van der Waals surface area contributed by atoms with Crippen molar-refractivity contribution in [2.45, 2.75) is 109 Å². The van der Waals surface area contributed by atoms with Crippen molar-refractivity contribution in [1.82, 2.24) is 5.32 Å². The fourth-order valence-corrected chi connectivity index (χ4v) is 2.78. The van der Waals surface area contributed by atoms with Gasteiger partial charge in [-0.05, 0) is 13.3 Å². The van der Waals surface area contributed by atoms with E-state index in [1.807, 2.05) is 0 Å². The Morgan fingerprint density at radius 3 is 1.61 bits per heavy atom. The molecule has 0 fully saturated rings. The van der Waals surface area contributed by atoms with E-state index in [2.05, 4.69) is 12.2 Å². The van der Waals surface area contributed by atoms with Gasteiger partial charge in [0.25, 0.3) is 0 Å². The SMILES string of the molecule is CCCCCCCCCCCCCCCCNC(=O)OC(C)Cl. The number of ether oxygens (including phenoxy) is 1. The third kappa shape index (κ3) is 19.5. The summed E-state index contributed by atoms with van der Waals surface area (Å²) in [5.41, 5.74) is -0.564. The van der Waals surface area contributed by atoms with Crippen LogP contribution in [0.1, 0.15) is 104 Å². The highest BCUT2D eigenvalue weighted by Crippen LogP contribution is 2.12. The summed E-state index contributed by atoms with van der Waals surface area (Å²) >= 11 is 5.56. The van der Waals surface area contributed by atoms with Gasteiger partial charge in [-0.1, -0.05) is 102 Å². The molecule has 0 saturated heterocycles. The molecule has 1 N–H and O–H groups in total. The zero-order valence-corrected chi connectivity index (χ0v) is 16.1. The number of carbonyl (C=O) groups excluding carboxylic acids is 1. The molecular formula is C19H38ClNO2. The average molecular weight is 348 g/mol. The second kappa shape index (κ2) is 17.9. The second-order valence-electron chi connectivity index (χ2n) is 6.47. The third-order valence-electron chi connectivity index (χ3n) is 4.07. The van der Waals surface area contributed by atoms with Crippen LogP contribution in [0.3, 0.4) is 0 Å². The summed E-state index contributed by atoms with van der Waals surface area (Å²) in [7, 11) is 0. The van der Waals surface area contributed by atoms with Crippen LogP contribution in [-0.2, 0) is 4.74 Å². The van der Waals surface area contributed by atoms with Crippen LogP contribution in [0.15, 0.2) is 0 Å². The lowest BCUT2D eigenvalue weighted by Crippen LogP contribution is -2.26. The summed E-state index contributed by atoms with van der Waals surface area (Å²) in [4.78, 5) is 11.2. The zero-order chi connectivity index (χ0) is 17.2. The van der Waals surface area contributed by atoms with Crippen molar-refractivity contribution in [2.24, 2.45) is 0 Å². The summed E-state index contributed by atoms with van der Waals surface area (Å²) in [6.07, 6.45) is 18.4. The molecule has 0 aromatic carbocycles. The minimum Gasteiger partial charge on any atom is -0.430 e. The van der Waals surface area contributed by atoms with Gasteiger partial charge in [0.2, 0.25) is 0 Å². The Balaban J connectivity index is 3.06. The molecule has 1 unspecified atom stereocenters. The van der Waals surface area contributed by atoms with Crippen LogP contribution in [0.25, 0.3) is 0 Å². The molecule has 0 rings (SSSR count). The Morgan fingerprint density at radius 2 is 1.22 bits per heavy atom. The van der Waals surface area contributed by atoms with Crippen molar-refractivity contribution in [2.75, 3.05) is 6.54 Å². The molecule has 23 heavy (non-hydrogen) atoms. The van der Waals surface area contributed by atoms with E-state index >= 15 is 0 Å². The normalized spacial score (nSPS) is 12.1. The molecule has 0 spiro atoms. The van der Waals surface area contributed by atoms with Crippen molar-refractivity contribution in [3.05, 3.63) is 0 Å². The van der Waals surface area contributed by atoms with Gasteiger partial charge in [-0.25, -0.2) is 4.79 Å². The molecule has 0 saturated carbocycles. The molecule has 0 aromatic rings. The minimum absolute atomic E-state index is 0.415. The van der Waals surface area contributed by atoms with E-state index in [1.165, 1.54) is 83.5 Å².